The number of rotatable bonds is 5. The van der Waals surface area contributed by atoms with Gasteiger partial charge in [0.25, 0.3) is 0 Å². The lowest BCUT2D eigenvalue weighted by Crippen LogP contribution is -2.26. The lowest BCUT2D eigenvalue weighted by Gasteiger charge is -2.05. The molecule has 17 heavy (non-hydrogen) atoms. The van der Waals surface area contributed by atoms with Gasteiger partial charge in [-0.15, -0.1) is 0 Å². The molecular formula is C12H14FNO3. The minimum atomic E-state index is -0.585. The maximum absolute atomic E-state index is 13.2. The van der Waals surface area contributed by atoms with E-state index in [0.717, 1.165) is 0 Å². The first-order chi connectivity index (χ1) is 8.13. The van der Waals surface area contributed by atoms with Crippen LogP contribution in [0.25, 0.3) is 0 Å². The molecule has 0 heterocycles. The molecular weight excluding hydrogens is 225 g/mol. The first-order valence-corrected chi connectivity index (χ1v) is 5.29. The number of ether oxygens (including phenoxy) is 1. The molecule has 1 aromatic rings. The third-order valence-corrected chi connectivity index (χ3v) is 2.04. The Labute approximate surface area is 98.8 Å². The van der Waals surface area contributed by atoms with Gasteiger partial charge in [-0.25, -0.2) is 4.39 Å². The summed E-state index contributed by atoms with van der Waals surface area (Å²) in [6.07, 6.45) is -0.345. The molecule has 4 nitrogen and oxygen atoms in total. The SMILES string of the molecule is CCOC(=O)CC(=O)NCc1ccccc1F. The smallest absolute Gasteiger partial charge is 0.315 e. The molecule has 92 valence electrons. The Balaban J connectivity index is 2.38. The van der Waals surface area contributed by atoms with Crippen molar-refractivity contribution in [3.63, 3.8) is 0 Å². The predicted octanol–water partition coefficient (Wildman–Crippen LogP) is 1.40. The molecule has 0 saturated carbocycles. The van der Waals surface area contributed by atoms with E-state index in [9.17, 15) is 14.0 Å². The summed E-state index contributed by atoms with van der Waals surface area (Å²) in [4.78, 5) is 22.3. The van der Waals surface area contributed by atoms with Gasteiger partial charge in [-0.05, 0) is 13.0 Å². The second-order valence-electron chi connectivity index (χ2n) is 3.35. The average Bonchev–Trinajstić information content (AvgIpc) is 2.28. The number of carbonyl (C=O) groups is 2. The summed E-state index contributed by atoms with van der Waals surface area (Å²) >= 11 is 0. The fraction of sp³-hybridized carbons (Fsp3) is 0.333. The molecule has 0 atom stereocenters. The van der Waals surface area contributed by atoms with E-state index in [1.165, 1.54) is 6.07 Å². The van der Waals surface area contributed by atoms with Crippen molar-refractivity contribution >= 4 is 11.9 Å². The van der Waals surface area contributed by atoms with E-state index in [4.69, 9.17) is 0 Å². The van der Waals surface area contributed by atoms with Crippen LogP contribution in [0.4, 0.5) is 4.39 Å². The van der Waals surface area contributed by atoms with Gasteiger partial charge in [0.15, 0.2) is 0 Å². The van der Waals surface area contributed by atoms with Crippen molar-refractivity contribution in [1.82, 2.24) is 5.32 Å². The molecule has 0 saturated heterocycles. The number of amides is 1. The minimum absolute atomic E-state index is 0.0604. The van der Waals surface area contributed by atoms with Gasteiger partial charge in [0, 0.05) is 12.1 Å². The van der Waals surface area contributed by atoms with Crippen LogP contribution >= 0.6 is 0 Å². The van der Waals surface area contributed by atoms with Crippen molar-refractivity contribution in [3.8, 4) is 0 Å². The van der Waals surface area contributed by atoms with Crippen LogP contribution in [0, 0.1) is 5.82 Å². The van der Waals surface area contributed by atoms with Crippen molar-refractivity contribution in [2.24, 2.45) is 0 Å². The molecule has 0 aliphatic rings. The molecule has 1 rings (SSSR count). The van der Waals surface area contributed by atoms with Crippen LogP contribution in [-0.2, 0) is 20.9 Å². The van der Waals surface area contributed by atoms with Crippen LogP contribution in [0.15, 0.2) is 24.3 Å². The van der Waals surface area contributed by atoms with E-state index in [-0.39, 0.29) is 25.4 Å². The third-order valence-electron chi connectivity index (χ3n) is 2.04. The fourth-order valence-corrected chi connectivity index (χ4v) is 1.24. The van der Waals surface area contributed by atoms with E-state index in [1.807, 2.05) is 0 Å². The van der Waals surface area contributed by atoms with Crippen molar-refractivity contribution < 1.29 is 18.7 Å². The number of nitrogens with one attached hydrogen (secondary N) is 1. The summed E-state index contributed by atoms with van der Waals surface area (Å²) in [7, 11) is 0. The zero-order chi connectivity index (χ0) is 12.7. The lowest BCUT2D eigenvalue weighted by atomic mass is 10.2. The number of hydrogen-bond acceptors (Lipinski definition) is 3. The monoisotopic (exact) mass is 239 g/mol. The van der Waals surface area contributed by atoms with Gasteiger partial charge < -0.3 is 10.1 Å². The second kappa shape index (κ2) is 6.62. The third kappa shape index (κ3) is 4.63. The average molecular weight is 239 g/mol. The van der Waals surface area contributed by atoms with Crippen LogP contribution in [0.2, 0.25) is 0 Å². The van der Waals surface area contributed by atoms with Gasteiger partial charge in [0.05, 0.1) is 6.61 Å². The Kier molecular flexibility index (Phi) is 5.13. The maximum atomic E-state index is 13.2. The van der Waals surface area contributed by atoms with E-state index in [2.05, 4.69) is 10.1 Å². The molecule has 1 N–H and O–H groups in total. The van der Waals surface area contributed by atoms with Gasteiger partial charge in [-0.3, -0.25) is 9.59 Å². The number of esters is 1. The second-order valence-corrected chi connectivity index (χ2v) is 3.35. The largest absolute Gasteiger partial charge is 0.466 e. The number of carbonyl (C=O) groups excluding carboxylic acids is 2. The quantitative estimate of drug-likeness (QED) is 0.624. The number of halogens is 1. The van der Waals surface area contributed by atoms with E-state index in [0.29, 0.717) is 5.56 Å². The van der Waals surface area contributed by atoms with E-state index in [1.54, 1.807) is 25.1 Å². The van der Waals surface area contributed by atoms with Gasteiger partial charge in [-0.2, -0.15) is 0 Å². The molecule has 0 aromatic heterocycles. The van der Waals surface area contributed by atoms with E-state index >= 15 is 0 Å². The molecule has 0 bridgehead atoms. The first kappa shape index (κ1) is 13.2. The van der Waals surface area contributed by atoms with Crippen LogP contribution < -0.4 is 5.32 Å². The Morgan fingerprint density at radius 1 is 1.35 bits per heavy atom. The highest BCUT2D eigenvalue weighted by molar-refractivity contribution is 5.94. The summed E-state index contributed by atoms with van der Waals surface area (Å²) in [5.41, 5.74) is 0.379. The minimum Gasteiger partial charge on any atom is -0.466 e. The Bertz CT molecular complexity index is 406. The Hall–Kier alpha value is -1.91. The van der Waals surface area contributed by atoms with Gasteiger partial charge in [0.1, 0.15) is 12.2 Å². The molecule has 1 aromatic carbocycles. The predicted molar refractivity (Wildman–Crippen MR) is 59.5 cm³/mol. The molecule has 0 unspecified atom stereocenters. The van der Waals surface area contributed by atoms with Crippen LogP contribution in [0.1, 0.15) is 18.9 Å². The summed E-state index contributed by atoms with van der Waals surface area (Å²) in [5.74, 6) is -1.45. The van der Waals surface area contributed by atoms with Crippen LogP contribution in [0.5, 0.6) is 0 Å². The van der Waals surface area contributed by atoms with Crippen LogP contribution in [-0.4, -0.2) is 18.5 Å². The number of benzene rings is 1. The highest BCUT2D eigenvalue weighted by atomic mass is 19.1. The fourth-order valence-electron chi connectivity index (χ4n) is 1.24. The number of hydrogen-bond donors (Lipinski definition) is 1. The summed E-state index contributed by atoms with van der Waals surface area (Å²) < 4.78 is 17.8. The zero-order valence-corrected chi connectivity index (χ0v) is 9.53. The van der Waals surface area contributed by atoms with Crippen molar-refractivity contribution in [2.75, 3.05) is 6.61 Å². The maximum Gasteiger partial charge on any atom is 0.315 e. The van der Waals surface area contributed by atoms with Crippen molar-refractivity contribution in [1.29, 1.82) is 0 Å². The highest BCUT2D eigenvalue weighted by Crippen LogP contribution is 2.05. The Morgan fingerprint density at radius 3 is 2.71 bits per heavy atom. The lowest BCUT2D eigenvalue weighted by molar-refractivity contribution is -0.146. The van der Waals surface area contributed by atoms with Crippen molar-refractivity contribution in [2.45, 2.75) is 19.9 Å². The standard InChI is InChI=1S/C12H14FNO3/c1-2-17-12(16)7-11(15)14-8-9-5-3-4-6-10(9)13/h3-6H,2,7-8H2,1H3,(H,14,15). The first-order valence-electron chi connectivity index (χ1n) is 5.29. The Morgan fingerprint density at radius 2 is 2.06 bits per heavy atom. The normalized spacial score (nSPS) is 9.76. The van der Waals surface area contributed by atoms with Gasteiger partial charge in [0.2, 0.25) is 5.91 Å². The van der Waals surface area contributed by atoms with Crippen LogP contribution in [0.3, 0.4) is 0 Å². The van der Waals surface area contributed by atoms with E-state index < -0.39 is 11.9 Å². The van der Waals surface area contributed by atoms with Gasteiger partial charge in [-0.1, -0.05) is 18.2 Å². The van der Waals surface area contributed by atoms with Crippen molar-refractivity contribution in [3.05, 3.63) is 35.6 Å². The summed E-state index contributed by atoms with van der Waals surface area (Å²) in [6.45, 7) is 1.96. The highest BCUT2D eigenvalue weighted by Gasteiger charge is 2.10. The van der Waals surface area contributed by atoms with Gasteiger partial charge >= 0.3 is 5.97 Å². The molecule has 0 aliphatic heterocycles. The molecule has 0 radical (unpaired) electrons. The molecule has 0 aliphatic carbocycles. The molecule has 1 amide bonds. The summed E-state index contributed by atoms with van der Waals surface area (Å²) in [5, 5.41) is 2.45. The molecule has 0 spiro atoms. The summed E-state index contributed by atoms with van der Waals surface area (Å²) in [6, 6.07) is 6.13. The topological polar surface area (TPSA) is 55.4 Å². The molecule has 5 heteroatoms. The zero-order valence-electron chi connectivity index (χ0n) is 9.53. The molecule has 0 fully saturated rings.